The molecule has 1 atom stereocenters. The second kappa shape index (κ2) is 10.6. The predicted molar refractivity (Wildman–Crippen MR) is 91.8 cm³/mol. The molecule has 128 valence electrons. The first-order valence-corrected chi connectivity index (χ1v) is 8.75. The van der Waals surface area contributed by atoms with Crippen LogP contribution in [0.3, 0.4) is 0 Å². The zero-order chi connectivity index (χ0) is 17.2. The van der Waals surface area contributed by atoms with Gasteiger partial charge in [-0.25, -0.2) is 0 Å². The lowest BCUT2D eigenvalue weighted by molar-refractivity contribution is -0.123. The smallest absolute Gasteiger partial charge is 0.279 e. The summed E-state index contributed by atoms with van der Waals surface area (Å²) in [6, 6.07) is 0. The number of amides is 2. The van der Waals surface area contributed by atoms with E-state index in [1.807, 2.05) is 20.8 Å². The van der Waals surface area contributed by atoms with E-state index in [0.29, 0.717) is 19.3 Å². The molecule has 0 saturated carbocycles. The highest BCUT2D eigenvalue weighted by molar-refractivity contribution is 8.14. The van der Waals surface area contributed by atoms with Crippen LogP contribution in [0.2, 0.25) is 0 Å². The Bertz CT molecular complexity index is 378. The van der Waals surface area contributed by atoms with Crippen LogP contribution in [0.5, 0.6) is 0 Å². The molecule has 0 fully saturated rings. The highest BCUT2D eigenvalue weighted by atomic mass is 32.2. The number of carbonyl (C=O) groups excluding carboxylic acids is 3. The molecule has 6 heteroatoms. The molecule has 0 aliphatic carbocycles. The van der Waals surface area contributed by atoms with Crippen LogP contribution in [-0.2, 0) is 9.59 Å². The van der Waals surface area contributed by atoms with E-state index in [9.17, 15) is 14.4 Å². The van der Waals surface area contributed by atoms with Gasteiger partial charge in [0.05, 0.1) is 6.54 Å². The third kappa shape index (κ3) is 11.6. The molecule has 0 bridgehead atoms. The molecule has 0 aliphatic rings. The number of hydrogen-bond acceptors (Lipinski definition) is 4. The Labute approximate surface area is 138 Å². The van der Waals surface area contributed by atoms with Gasteiger partial charge in [-0.1, -0.05) is 52.3 Å². The number of primary amides is 1. The fraction of sp³-hybridized carbons (Fsp3) is 0.812. The van der Waals surface area contributed by atoms with Gasteiger partial charge in [-0.3, -0.25) is 14.4 Å². The largest absolute Gasteiger partial charge is 0.369 e. The van der Waals surface area contributed by atoms with Crippen LogP contribution >= 0.6 is 11.8 Å². The summed E-state index contributed by atoms with van der Waals surface area (Å²) in [5.41, 5.74) is 5.37. The normalized spacial score (nSPS) is 12.7. The molecule has 0 rings (SSSR count). The maximum Gasteiger partial charge on any atom is 0.279 e. The minimum absolute atomic E-state index is 0.0124. The van der Waals surface area contributed by atoms with Crippen LogP contribution in [0.1, 0.15) is 66.2 Å². The molecule has 0 spiro atoms. The van der Waals surface area contributed by atoms with Gasteiger partial charge in [0, 0.05) is 17.1 Å². The van der Waals surface area contributed by atoms with Crippen LogP contribution in [0.25, 0.3) is 0 Å². The molecule has 0 aromatic heterocycles. The molecule has 0 radical (unpaired) electrons. The summed E-state index contributed by atoms with van der Waals surface area (Å²) in [5.74, 6) is -0.434. The van der Waals surface area contributed by atoms with Crippen LogP contribution in [0, 0.1) is 5.92 Å². The van der Waals surface area contributed by atoms with Gasteiger partial charge in [0.1, 0.15) is 0 Å². The molecular weight excluding hydrogens is 300 g/mol. The van der Waals surface area contributed by atoms with Crippen molar-refractivity contribution in [2.24, 2.45) is 11.7 Å². The van der Waals surface area contributed by atoms with Gasteiger partial charge >= 0.3 is 0 Å². The summed E-state index contributed by atoms with van der Waals surface area (Å²) >= 11 is 1.18. The Balaban J connectivity index is 3.93. The Morgan fingerprint density at radius 2 is 1.73 bits per heavy atom. The molecule has 5 nitrogen and oxygen atoms in total. The number of nitrogens with two attached hydrogens (primary N) is 1. The number of carbonyl (C=O) groups is 3. The van der Waals surface area contributed by atoms with Gasteiger partial charge in [0.15, 0.2) is 5.78 Å². The van der Waals surface area contributed by atoms with Gasteiger partial charge < -0.3 is 11.1 Å². The van der Waals surface area contributed by atoms with E-state index < -0.39 is 0 Å². The van der Waals surface area contributed by atoms with Gasteiger partial charge in [0.25, 0.3) is 5.24 Å². The molecule has 0 saturated heterocycles. The van der Waals surface area contributed by atoms with Gasteiger partial charge in [-0.15, -0.1) is 0 Å². The van der Waals surface area contributed by atoms with E-state index in [1.165, 1.54) is 11.8 Å². The number of ketones is 1. The maximum absolute atomic E-state index is 11.7. The van der Waals surface area contributed by atoms with Crippen molar-refractivity contribution in [3.63, 3.8) is 0 Å². The van der Waals surface area contributed by atoms with Crippen molar-refractivity contribution < 1.29 is 14.4 Å². The molecule has 0 unspecified atom stereocenters. The summed E-state index contributed by atoms with van der Waals surface area (Å²) < 4.78 is -0.166. The molecule has 22 heavy (non-hydrogen) atoms. The number of thioether (sulfide) groups is 1. The van der Waals surface area contributed by atoms with E-state index in [4.69, 9.17) is 5.73 Å². The van der Waals surface area contributed by atoms with Crippen LogP contribution in [-0.4, -0.2) is 28.2 Å². The van der Waals surface area contributed by atoms with Crippen molar-refractivity contribution in [2.75, 3.05) is 6.54 Å². The third-order valence-electron chi connectivity index (χ3n) is 3.15. The Morgan fingerprint density at radius 1 is 1.14 bits per heavy atom. The van der Waals surface area contributed by atoms with Crippen molar-refractivity contribution in [2.45, 2.75) is 71.0 Å². The molecule has 0 aliphatic heterocycles. The van der Waals surface area contributed by atoms with Crippen molar-refractivity contribution >= 4 is 28.7 Å². The van der Waals surface area contributed by atoms with E-state index in [-0.39, 0.29) is 34.1 Å². The lowest BCUT2D eigenvalue weighted by atomic mass is 9.95. The van der Waals surface area contributed by atoms with E-state index in [2.05, 4.69) is 12.2 Å². The minimum atomic E-state index is -0.282. The predicted octanol–water partition coefficient (Wildman–Crippen LogP) is 3.26. The fourth-order valence-corrected chi connectivity index (χ4v) is 2.70. The average molecular weight is 330 g/mol. The minimum Gasteiger partial charge on any atom is -0.369 e. The lowest BCUT2D eigenvalue weighted by Gasteiger charge is -2.16. The second-order valence-corrected chi connectivity index (χ2v) is 8.33. The van der Waals surface area contributed by atoms with Crippen molar-refractivity contribution in [1.82, 2.24) is 5.32 Å². The van der Waals surface area contributed by atoms with Crippen molar-refractivity contribution in [1.29, 1.82) is 0 Å². The number of Topliss-reactive ketones (excluding diaryl/α,β-unsaturated/α-hetero) is 1. The molecule has 3 N–H and O–H groups in total. The third-order valence-corrected chi connectivity index (χ3v) is 4.09. The summed E-state index contributed by atoms with van der Waals surface area (Å²) in [5, 5.41) is 2.44. The summed E-state index contributed by atoms with van der Waals surface area (Å²) in [7, 11) is 0. The van der Waals surface area contributed by atoms with Gasteiger partial charge in [-0.05, 0) is 19.3 Å². The average Bonchev–Trinajstić information content (AvgIpc) is 2.38. The van der Waals surface area contributed by atoms with Gasteiger partial charge in [-0.2, -0.15) is 0 Å². The van der Waals surface area contributed by atoms with Gasteiger partial charge in [0.2, 0.25) is 5.91 Å². The molecule has 0 heterocycles. The molecule has 2 amide bonds. The highest BCUT2D eigenvalue weighted by Crippen LogP contribution is 2.23. The Kier molecular flexibility index (Phi) is 10.1. The SMILES string of the molecule is CCCC[C@H](CCCC(=O)CNC(=O)SC(C)(C)C)C(N)=O. The van der Waals surface area contributed by atoms with E-state index in [0.717, 1.165) is 19.3 Å². The summed E-state index contributed by atoms with van der Waals surface area (Å²) in [4.78, 5) is 34.6. The highest BCUT2D eigenvalue weighted by Gasteiger charge is 2.18. The first-order chi connectivity index (χ1) is 10.2. The Morgan fingerprint density at radius 3 is 2.23 bits per heavy atom. The summed E-state index contributed by atoms with van der Waals surface area (Å²) in [6.45, 7) is 7.95. The quantitative estimate of drug-likeness (QED) is 0.643. The lowest BCUT2D eigenvalue weighted by Crippen LogP contribution is -2.29. The summed E-state index contributed by atoms with van der Waals surface area (Å²) in [6.07, 6.45) is 4.45. The zero-order valence-corrected chi connectivity index (χ0v) is 15.1. The number of unbranched alkanes of at least 4 members (excludes halogenated alkanes) is 1. The number of nitrogens with one attached hydrogen (secondary N) is 1. The second-order valence-electron chi connectivity index (χ2n) is 6.53. The van der Waals surface area contributed by atoms with Crippen molar-refractivity contribution in [3.8, 4) is 0 Å². The zero-order valence-electron chi connectivity index (χ0n) is 14.2. The topological polar surface area (TPSA) is 89.3 Å². The number of hydrogen-bond donors (Lipinski definition) is 2. The first-order valence-electron chi connectivity index (χ1n) is 7.93. The standard InChI is InChI=1S/C16H30N2O3S/c1-5-6-8-12(14(17)20)9-7-10-13(19)11-18-15(21)22-16(2,3)4/h12H,5-11H2,1-4H3,(H2,17,20)(H,18,21)/t12-/m1/s1. The van der Waals surface area contributed by atoms with E-state index in [1.54, 1.807) is 0 Å². The molecular formula is C16H30N2O3S. The first kappa shape index (κ1) is 21.0. The van der Waals surface area contributed by atoms with Crippen LogP contribution in [0.4, 0.5) is 4.79 Å². The monoisotopic (exact) mass is 330 g/mol. The molecule has 0 aromatic carbocycles. The maximum atomic E-state index is 11.7. The van der Waals surface area contributed by atoms with Crippen LogP contribution in [0.15, 0.2) is 0 Å². The fourth-order valence-electron chi connectivity index (χ4n) is 2.00. The Hall–Kier alpha value is -1.04. The van der Waals surface area contributed by atoms with Crippen molar-refractivity contribution in [3.05, 3.63) is 0 Å². The molecule has 0 aromatic rings. The van der Waals surface area contributed by atoms with Crippen LogP contribution < -0.4 is 11.1 Å². The van der Waals surface area contributed by atoms with E-state index >= 15 is 0 Å². The number of rotatable bonds is 10.